The standard InChI is InChI=1S/C30H35O8P/c1-29(2)37-27-28(38-29)36-26(30(27,3)32-19-23-13-7-4-8-14-23)22-35-39(31,33-20-24-15-9-5-10-16-24)34-21-25-17-11-6-12-18-25/h4-18,26-28H,19-22H2,1-3H3/t26-,27+,28-,30-/m1/s1. The van der Waals surface area contributed by atoms with Crippen molar-refractivity contribution in [2.24, 2.45) is 0 Å². The van der Waals surface area contributed by atoms with Crippen LogP contribution in [0.1, 0.15) is 37.5 Å². The highest BCUT2D eigenvalue weighted by Gasteiger charge is 2.62. The number of fused-ring (bicyclic) bond motifs is 1. The van der Waals surface area contributed by atoms with Gasteiger partial charge in [-0.3, -0.25) is 13.6 Å². The molecule has 0 aromatic heterocycles. The molecule has 8 nitrogen and oxygen atoms in total. The lowest BCUT2D eigenvalue weighted by molar-refractivity contribution is -0.239. The zero-order valence-electron chi connectivity index (χ0n) is 22.4. The lowest BCUT2D eigenvalue weighted by atomic mass is 9.94. The van der Waals surface area contributed by atoms with E-state index in [9.17, 15) is 4.57 Å². The van der Waals surface area contributed by atoms with Crippen molar-refractivity contribution in [3.8, 4) is 0 Å². The van der Waals surface area contributed by atoms with Gasteiger partial charge in [0.2, 0.25) is 0 Å². The van der Waals surface area contributed by atoms with Crippen molar-refractivity contribution in [1.29, 1.82) is 0 Å². The van der Waals surface area contributed by atoms with Crippen LogP contribution in [0.2, 0.25) is 0 Å². The molecule has 2 aliphatic rings. The summed E-state index contributed by atoms with van der Waals surface area (Å²) in [6.07, 6.45) is -1.84. The maximum Gasteiger partial charge on any atom is 0.475 e. The fraction of sp³-hybridized carbons (Fsp3) is 0.400. The number of benzene rings is 3. The summed E-state index contributed by atoms with van der Waals surface area (Å²) < 4.78 is 56.1. The maximum atomic E-state index is 13.8. The van der Waals surface area contributed by atoms with Gasteiger partial charge in [0, 0.05) is 0 Å². The number of rotatable bonds is 12. The summed E-state index contributed by atoms with van der Waals surface area (Å²) >= 11 is 0. The highest BCUT2D eigenvalue weighted by Crippen LogP contribution is 2.53. The second kappa shape index (κ2) is 12.0. The van der Waals surface area contributed by atoms with E-state index in [1.807, 2.05) is 112 Å². The number of ether oxygens (including phenoxy) is 4. The number of hydrogen-bond donors (Lipinski definition) is 0. The predicted molar refractivity (Wildman–Crippen MR) is 144 cm³/mol. The average molecular weight is 555 g/mol. The Morgan fingerprint density at radius 1 is 0.692 bits per heavy atom. The third-order valence-corrected chi connectivity index (χ3v) is 8.16. The van der Waals surface area contributed by atoms with Crippen LogP contribution in [0, 0.1) is 0 Å². The SMILES string of the molecule is CC1(C)O[C@H]2O[C@H](COP(=O)(OCc3ccccc3)OCc3ccccc3)[C@@](C)(OCc3ccccc3)[C@H]2O1. The van der Waals surface area contributed by atoms with Gasteiger partial charge in [-0.1, -0.05) is 91.0 Å². The van der Waals surface area contributed by atoms with Gasteiger partial charge in [0.1, 0.15) is 17.8 Å². The lowest BCUT2D eigenvalue weighted by Crippen LogP contribution is -2.50. The minimum absolute atomic E-state index is 0.0614. The Labute approximate surface area is 229 Å². The van der Waals surface area contributed by atoms with Gasteiger partial charge >= 0.3 is 7.82 Å². The molecule has 0 aliphatic carbocycles. The summed E-state index contributed by atoms with van der Waals surface area (Å²) in [5.41, 5.74) is 1.73. The minimum Gasteiger partial charge on any atom is -0.365 e. The quantitative estimate of drug-likeness (QED) is 0.238. The van der Waals surface area contributed by atoms with Crippen molar-refractivity contribution in [3.63, 3.8) is 0 Å². The van der Waals surface area contributed by atoms with Crippen LogP contribution in [0.25, 0.3) is 0 Å². The Morgan fingerprint density at radius 3 is 1.69 bits per heavy atom. The molecular weight excluding hydrogens is 519 g/mol. The van der Waals surface area contributed by atoms with E-state index in [1.165, 1.54) is 0 Å². The molecule has 2 saturated heterocycles. The van der Waals surface area contributed by atoms with Crippen LogP contribution in [0.3, 0.4) is 0 Å². The van der Waals surface area contributed by atoms with Crippen LogP contribution in [0.4, 0.5) is 0 Å². The van der Waals surface area contributed by atoms with Crippen molar-refractivity contribution in [2.75, 3.05) is 6.61 Å². The maximum absolute atomic E-state index is 13.8. The van der Waals surface area contributed by atoms with Crippen LogP contribution in [0.15, 0.2) is 91.0 Å². The van der Waals surface area contributed by atoms with Crippen molar-refractivity contribution < 1.29 is 37.1 Å². The summed E-state index contributed by atoms with van der Waals surface area (Å²) in [4.78, 5) is 0. The highest BCUT2D eigenvalue weighted by molar-refractivity contribution is 7.48. The van der Waals surface area contributed by atoms with Crippen molar-refractivity contribution in [1.82, 2.24) is 0 Å². The van der Waals surface area contributed by atoms with Crippen molar-refractivity contribution in [2.45, 2.75) is 70.5 Å². The van der Waals surface area contributed by atoms with E-state index < -0.39 is 37.7 Å². The first kappa shape index (κ1) is 28.1. The minimum atomic E-state index is -4.01. The number of phosphoric acid groups is 1. The molecule has 3 aromatic rings. The lowest BCUT2D eigenvalue weighted by Gasteiger charge is -2.35. The molecule has 0 spiro atoms. The summed E-state index contributed by atoms with van der Waals surface area (Å²) in [5.74, 6) is -0.828. The predicted octanol–water partition coefficient (Wildman–Crippen LogP) is 6.40. The molecule has 0 bridgehead atoms. The third kappa shape index (κ3) is 7.04. The molecule has 208 valence electrons. The molecule has 0 unspecified atom stereocenters. The Balaban J connectivity index is 1.31. The van der Waals surface area contributed by atoms with Gasteiger partial charge in [0.05, 0.1) is 26.4 Å². The first-order chi connectivity index (χ1) is 18.7. The molecule has 2 aliphatic heterocycles. The summed E-state index contributed by atoms with van der Waals surface area (Å²) in [6.45, 7) is 5.91. The van der Waals surface area contributed by atoms with Gasteiger partial charge in [0.25, 0.3) is 0 Å². The second-order valence-electron chi connectivity index (χ2n) is 10.3. The molecule has 0 amide bonds. The zero-order chi connectivity index (χ0) is 27.3. The Bertz CT molecular complexity index is 1190. The molecule has 0 saturated carbocycles. The Morgan fingerprint density at radius 2 is 1.18 bits per heavy atom. The number of phosphoric ester groups is 1. The van der Waals surface area contributed by atoms with Crippen LogP contribution >= 0.6 is 7.82 Å². The van der Waals surface area contributed by atoms with Gasteiger partial charge in [0.15, 0.2) is 12.1 Å². The summed E-state index contributed by atoms with van der Waals surface area (Å²) in [5, 5.41) is 0. The van der Waals surface area contributed by atoms with E-state index in [4.69, 9.17) is 32.5 Å². The Hall–Kier alpha value is -2.39. The zero-order valence-corrected chi connectivity index (χ0v) is 23.3. The molecule has 39 heavy (non-hydrogen) atoms. The average Bonchev–Trinajstić information content (AvgIpc) is 3.40. The molecule has 3 aromatic carbocycles. The Kier molecular flexibility index (Phi) is 8.66. The highest BCUT2D eigenvalue weighted by atomic mass is 31.2. The van der Waals surface area contributed by atoms with E-state index in [-0.39, 0.29) is 19.8 Å². The fourth-order valence-corrected chi connectivity index (χ4v) is 5.77. The van der Waals surface area contributed by atoms with Crippen LogP contribution in [-0.2, 0) is 56.9 Å². The van der Waals surface area contributed by atoms with Crippen molar-refractivity contribution >= 4 is 7.82 Å². The van der Waals surface area contributed by atoms with Crippen LogP contribution in [0.5, 0.6) is 0 Å². The molecule has 5 rings (SSSR count). The molecule has 9 heteroatoms. The van der Waals surface area contributed by atoms with E-state index in [2.05, 4.69) is 0 Å². The molecular formula is C30H35O8P. The van der Waals surface area contributed by atoms with E-state index in [0.717, 1.165) is 16.7 Å². The van der Waals surface area contributed by atoms with Gasteiger partial charge < -0.3 is 18.9 Å². The third-order valence-electron chi connectivity index (χ3n) is 6.80. The van der Waals surface area contributed by atoms with Gasteiger partial charge in [-0.05, 0) is 37.5 Å². The van der Waals surface area contributed by atoms with E-state index in [0.29, 0.717) is 6.61 Å². The summed E-state index contributed by atoms with van der Waals surface area (Å²) in [6, 6.07) is 28.7. The first-order valence-corrected chi connectivity index (χ1v) is 14.5. The molecule has 4 atom stereocenters. The van der Waals surface area contributed by atoms with Gasteiger partial charge in [-0.2, -0.15) is 0 Å². The molecule has 2 heterocycles. The van der Waals surface area contributed by atoms with E-state index in [1.54, 1.807) is 0 Å². The second-order valence-corrected chi connectivity index (χ2v) is 11.9. The molecule has 2 fully saturated rings. The normalized spacial score (nSPS) is 26.0. The smallest absolute Gasteiger partial charge is 0.365 e. The number of hydrogen-bond acceptors (Lipinski definition) is 8. The monoisotopic (exact) mass is 554 g/mol. The van der Waals surface area contributed by atoms with E-state index >= 15 is 0 Å². The first-order valence-electron chi connectivity index (χ1n) is 13.1. The van der Waals surface area contributed by atoms with Crippen LogP contribution in [-0.4, -0.2) is 36.5 Å². The van der Waals surface area contributed by atoms with Gasteiger partial charge in [-0.15, -0.1) is 0 Å². The molecule has 0 N–H and O–H groups in total. The van der Waals surface area contributed by atoms with Gasteiger partial charge in [-0.25, -0.2) is 4.57 Å². The molecule has 0 radical (unpaired) electrons. The summed E-state index contributed by atoms with van der Waals surface area (Å²) in [7, 11) is -4.01. The largest absolute Gasteiger partial charge is 0.475 e. The van der Waals surface area contributed by atoms with Crippen molar-refractivity contribution in [3.05, 3.63) is 108 Å². The van der Waals surface area contributed by atoms with Crippen LogP contribution < -0.4 is 0 Å². The topological polar surface area (TPSA) is 81.7 Å². The fourth-order valence-electron chi connectivity index (χ4n) is 4.62.